The van der Waals surface area contributed by atoms with Crippen molar-refractivity contribution in [2.24, 2.45) is 5.92 Å². The van der Waals surface area contributed by atoms with Crippen molar-refractivity contribution in [2.45, 2.75) is 19.3 Å². The zero-order chi connectivity index (χ0) is 11.0. The summed E-state index contributed by atoms with van der Waals surface area (Å²) in [5.74, 6) is 1.79. The summed E-state index contributed by atoms with van der Waals surface area (Å²) in [6.45, 7) is 2.64. The molecule has 1 saturated heterocycles. The molecular weight excluding hydrogens is 230 g/mol. The van der Waals surface area contributed by atoms with Crippen molar-refractivity contribution in [3.63, 3.8) is 0 Å². The average Bonchev–Trinajstić information content (AvgIpc) is 2.03. The van der Waals surface area contributed by atoms with Crippen LogP contribution >= 0.6 is 11.6 Å². The van der Waals surface area contributed by atoms with Gasteiger partial charge in [0.05, 0.1) is 13.1 Å². The number of hydrogen-bond acceptors (Lipinski definition) is 3. The molecule has 7 heteroatoms. The highest BCUT2D eigenvalue weighted by atomic mass is 35.5. The van der Waals surface area contributed by atoms with E-state index < -0.39 is 10.4 Å². The van der Waals surface area contributed by atoms with E-state index in [1.165, 1.54) is 32.4 Å². The Morgan fingerprint density at radius 3 is 2.21 bits per heavy atom. The normalized spacial score (nSPS) is 18.5. The molecule has 0 bridgehead atoms. The van der Waals surface area contributed by atoms with Gasteiger partial charge in [-0.15, -0.1) is 11.6 Å². The van der Waals surface area contributed by atoms with Crippen molar-refractivity contribution in [3.05, 3.63) is 0 Å². The van der Waals surface area contributed by atoms with E-state index in [2.05, 4.69) is 5.32 Å². The third-order valence-electron chi connectivity index (χ3n) is 2.08. The molecule has 1 aliphatic heterocycles. The predicted octanol–water partition coefficient (Wildman–Crippen LogP) is -0.407. The van der Waals surface area contributed by atoms with Gasteiger partial charge >= 0.3 is 0 Å². The quantitative estimate of drug-likeness (QED) is 0.393. The molecule has 0 atom stereocenters. The number of quaternary nitrogens is 1. The number of halogens is 1. The lowest BCUT2D eigenvalue weighted by molar-refractivity contribution is -0.664. The Morgan fingerprint density at radius 1 is 1.43 bits per heavy atom. The molecular formula is C7H16ClNO4S. The summed E-state index contributed by atoms with van der Waals surface area (Å²) in [6.07, 6.45) is 3.99. The Hall–Kier alpha value is 0.120. The first-order chi connectivity index (χ1) is 6.43. The first-order valence-electron chi connectivity index (χ1n) is 4.49. The van der Waals surface area contributed by atoms with Crippen LogP contribution in [0, 0.1) is 5.92 Å². The fourth-order valence-electron chi connectivity index (χ4n) is 1.44. The maximum atomic E-state index is 8.63. The summed E-state index contributed by atoms with van der Waals surface area (Å²) in [5, 5.41) is 2.39. The standard InChI is InChI=1S/C7H14ClN.H2O4S/c8-4-1-7-2-5-9-6-3-7;1-5(2,3)4/h7,9H,1-6H2;(H2,1,2,3,4). The second kappa shape index (κ2) is 7.42. The van der Waals surface area contributed by atoms with Crippen LogP contribution in [0.5, 0.6) is 0 Å². The summed E-state index contributed by atoms with van der Waals surface area (Å²) in [5.41, 5.74) is 0. The van der Waals surface area contributed by atoms with E-state index in [0.717, 1.165) is 11.8 Å². The Morgan fingerprint density at radius 2 is 1.86 bits per heavy atom. The number of piperidine rings is 1. The van der Waals surface area contributed by atoms with E-state index in [1.807, 2.05) is 0 Å². The third kappa shape index (κ3) is 12.1. The van der Waals surface area contributed by atoms with Crippen LogP contribution in [0.3, 0.4) is 0 Å². The Balaban J connectivity index is 0.000000292. The van der Waals surface area contributed by atoms with E-state index in [0.29, 0.717) is 0 Å². The predicted molar refractivity (Wildman–Crippen MR) is 52.0 cm³/mol. The van der Waals surface area contributed by atoms with Crippen LogP contribution in [0.4, 0.5) is 0 Å². The molecule has 0 aromatic rings. The molecule has 1 aliphatic rings. The van der Waals surface area contributed by atoms with Gasteiger partial charge in [0.1, 0.15) is 0 Å². The van der Waals surface area contributed by atoms with Crippen molar-refractivity contribution in [1.82, 2.24) is 0 Å². The number of alkyl halides is 1. The van der Waals surface area contributed by atoms with Crippen molar-refractivity contribution < 1.29 is 22.8 Å². The molecule has 1 rings (SSSR count). The van der Waals surface area contributed by atoms with Gasteiger partial charge in [0, 0.05) is 5.88 Å². The van der Waals surface area contributed by atoms with Gasteiger partial charge in [-0.3, -0.25) is 4.55 Å². The van der Waals surface area contributed by atoms with Crippen molar-refractivity contribution >= 4 is 22.0 Å². The van der Waals surface area contributed by atoms with Crippen LogP contribution in [0.1, 0.15) is 19.3 Å². The molecule has 0 spiro atoms. The summed E-state index contributed by atoms with van der Waals surface area (Å²) in [4.78, 5) is 0. The third-order valence-corrected chi connectivity index (χ3v) is 2.29. The molecule has 5 nitrogen and oxygen atoms in total. The highest BCUT2D eigenvalue weighted by Gasteiger charge is 2.13. The highest BCUT2D eigenvalue weighted by Crippen LogP contribution is 2.13. The van der Waals surface area contributed by atoms with Gasteiger partial charge in [0.25, 0.3) is 0 Å². The Bertz CT molecular complexity index is 215. The molecule has 3 N–H and O–H groups in total. The largest absolute Gasteiger partial charge is 0.726 e. The summed E-state index contributed by atoms with van der Waals surface area (Å²) in [7, 11) is -4.92. The van der Waals surface area contributed by atoms with E-state index in [-0.39, 0.29) is 0 Å². The highest BCUT2D eigenvalue weighted by molar-refractivity contribution is 7.79. The van der Waals surface area contributed by atoms with Crippen LogP contribution in [0.15, 0.2) is 0 Å². The Kier molecular flexibility index (Phi) is 7.48. The minimum absolute atomic E-state index is 0.852. The summed E-state index contributed by atoms with van der Waals surface area (Å²) < 4.78 is 32.8. The van der Waals surface area contributed by atoms with Crippen LogP contribution in [-0.2, 0) is 10.4 Å². The topological polar surface area (TPSA) is 94.0 Å². The van der Waals surface area contributed by atoms with Gasteiger partial charge < -0.3 is 9.87 Å². The first-order valence-corrected chi connectivity index (χ1v) is 6.39. The number of hydrogen-bond donors (Lipinski definition) is 2. The summed E-state index contributed by atoms with van der Waals surface area (Å²) >= 11 is 5.62. The zero-order valence-corrected chi connectivity index (χ0v) is 9.43. The molecule has 0 saturated carbocycles. The smallest absolute Gasteiger partial charge is 0.215 e. The molecule has 0 aliphatic carbocycles. The van der Waals surface area contributed by atoms with Gasteiger partial charge in [-0.2, -0.15) is 0 Å². The van der Waals surface area contributed by atoms with Gasteiger partial charge in [-0.25, -0.2) is 8.42 Å². The molecule has 86 valence electrons. The average molecular weight is 246 g/mol. The lowest BCUT2D eigenvalue weighted by atomic mass is 9.96. The van der Waals surface area contributed by atoms with Crippen molar-refractivity contribution in [2.75, 3.05) is 19.0 Å². The van der Waals surface area contributed by atoms with Crippen LogP contribution in [0.25, 0.3) is 0 Å². The lowest BCUT2D eigenvalue weighted by Gasteiger charge is -2.18. The summed E-state index contributed by atoms with van der Waals surface area (Å²) in [6, 6.07) is 0. The SMILES string of the molecule is ClCCC1CC[NH2+]CC1.O=S(=O)([O-])O. The van der Waals surface area contributed by atoms with E-state index >= 15 is 0 Å². The van der Waals surface area contributed by atoms with Crippen LogP contribution in [0.2, 0.25) is 0 Å². The van der Waals surface area contributed by atoms with Gasteiger partial charge in [-0.05, 0) is 25.2 Å². The maximum absolute atomic E-state index is 8.63. The molecule has 0 amide bonds. The van der Waals surface area contributed by atoms with E-state index in [9.17, 15) is 0 Å². The lowest BCUT2D eigenvalue weighted by Crippen LogP contribution is -2.86. The molecule has 1 fully saturated rings. The minimum Gasteiger partial charge on any atom is -0.726 e. The zero-order valence-electron chi connectivity index (χ0n) is 7.86. The van der Waals surface area contributed by atoms with Crippen LogP contribution < -0.4 is 5.32 Å². The molecule has 14 heavy (non-hydrogen) atoms. The van der Waals surface area contributed by atoms with E-state index in [4.69, 9.17) is 29.1 Å². The van der Waals surface area contributed by atoms with Crippen molar-refractivity contribution in [1.29, 1.82) is 0 Å². The monoisotopic (exact) mass is 245 g/mol. The van der Waals surface area contributed by atoms with Crippen LogP contribution in [-0.4, -0.2) is 36.5 Å². The first kappa shape index (κ1) is 14.1. The maximum Gasteiger partial charge on any atom is 0.215 e. The fourth-order valence-corrected chi connectivity index (χ4v) is 1.75. The molecule has 0 aromatic carbocycles. The Labute approximate surface area is 89.4 Å². The minimum atomic E-state index is -4.92. The van der Waals surface area contributed by atoms with Gasteiger partial charge in [0.15, 0.2) is 0 Å². The molecule has 1 heterocycles. The second-order valence-electron chi connectivity index (χ2n) is 3.21. The second-order valence-corrected chi connectivity index (χ2v) is 4.45. The van der Waals surface area contributed by atoms with Gasteiger partial charge in [-0.1, -0.05) is 0 Å². The van der Waals surface area contributed by atoms with Gasteiger partial charge in [0.2, 0.25) is 10.4 Å². The molecule has 0 radical (unpaired) electrons. The van der Waals surface area contributed by atoms with E-state index in [1.54, 1.807) is 0 Å². The fraction of sp³-hybridized carbons (Fsp3) is 1.00. The molecule has 0 unspecified atom stereocenters. The number of rotatable bonds is 2. The number of nitrogens with two attached hydrogens (primary N) is 1. The van der Waals surface area contributed by atoms with Crippen molar-refractivity contribution in [3.8, 4) is 0 Å². The molecule has 0 aromatic heterocycles.